The molecule has 0 aliphatic carbocycles. The lowest BCUT2D eigenvalue weighted by molar-refractivity contribution is -0.123. The summed E-state index contributed by atoms with van der Waals surface area (Å²) in [6.07, 6.45) is -0.982. The molecule has 3 aromatic rings. The molecule has 0 spiro atoms. The predicted octanol–water partition coefficient (Wildman–Crippen LogP) is 4.13. The molecular weight excluding hydrogens is 384 g/mol. The molecule has 0 bridgehead atoms. The van der Waals surface area contributed by atoms with Crippen LogP contribution in [0, 0.1) is 6.92 Å². The van der Waals surface area contributed by atoms with Gasteiger partial charge in [-0.2, -0.15) is 0 Å². The monoisotopic (exact) mass is 408 g/mol. The molecule has 3 rings (SSSR count). The molecule has 0 radical (unpaired) electrons. The highest BCUT2D eigenvalue weighted by Gasteiger charge is 2.21. The number of rotatable bonds is 7. The van der Waals surface area contributed by atoms with Gasteiger partial charge in [0.2, 0.25) is 0 Å². The van der Waals surface area contributed by atoms with Gasteiger partial charge in [0.15, 0.2) is 6.10 Å². The number of nitrogens with zero attached hydrogens (tertiary/aromatic N) is 1. The van der Waals surface area contributed by atoms with Crippen LogP contribution in [0.5, 0.6) is 11.5 Å². The number of carbonyl (C=O) groups is 2. The van der Waals surface area contributed by atoms with Crippen molar-refractivity contribution in [3.8, 4) is 11.5 Å². The van der Waals surface area contributed by atoms with E-state index in [0.29, 0.717) is 35.1 Å². The van der Waals surface area contributed by atoms with E-state index in [-0.39, 0.29) is 0 Å². The van der Waals surface area contributed by atoms with E-state index in [4.69, 9.17) is 14.2 Å². The number of anilines is 1. The third-order valence-electron chi connectivity index (χ3n) is 4.52. The minimum Gasteiger partial charge on any atom is -0.497 e. The van der Waals surface area contributed by atoms with Crippen LogP contribution >= 0.6 is 0 Å². The summed E-state index contributed by atoms with van der Waals surface area (Å²) in [6, 6.07) is 14.1. The third-order valence-corrected chi connectivity index (χ3v) is 4.52. The number of aryl methyl sites for hydroxylation is 1. The smallest absolute Gasteiger partial charge is 0.340 e. The first kappa shape index (κ1) is 21.1. The molecule has 0 aliphatic heterocycles. The van der Waals surface area contributed by atoms with E-state index in [1.54, 1.807) is 56.5 Å². The molecule has 0 saturated carbocycles. The Labute approximate surface area is 175 Å². The first-order chi connectivity index (χ1) is 14.4. The van der Waals surface area contributed by atoms with Crippen molar-refractivity contribution in [2.24, 2.45) is 0 Å². The molecule has 1 N–H and O–H groups in total. The van der Waals surface area contributed by atoms with Gasteiger partial charge in [-0.3, -0.25) is 9.78 Å². The largest absolute Gasteiger partial charge is 0.497 e. The Hall–Kier alpha value is -3.61. The minimum atomic E-state index is -0.982. The summed E-state index contributed by atoms with van der Waals surface area (Å²) >= 11 is 0. The number of benzene rings is 2. The number of amides is 1. The summed E-state index contributed by atoms with van der Waals surface area (Å²) < 4.78 is 16.0. The van der Waals surface area contributed by atoms with E-state index in [9.17, 15) is 9.59 Å². The number of hydrogen-bond acceptors (Lipinski definition) is 6. The van der Waals surface area contributed by atoms with Crippen LogP contribution in [0.3, 0.4) is 0 Å². The normalized spacial score (nSPS) is 11.6. The van der Waals surface area contributed by atoms with Crippen LogP contribution in [0.1, 0.15) is 29.9 Å². The van der Waals surface area contributed by atoms with Crippen molar-refractivity contribution in [1.82, 2.24) is 4.98 Å². The van der Waals surface area contributed by atoms with Gasteiger partial charge in [-0.1, -0.05) is 0 Å². The number of methoxy groups -OCH3 is 1. The average Bonchev–Trinajstić information content (AvgIpc) is 2.74. The second-order valence-corrected chi connectivity index (χ2v) is 6.67. The molecule has 1 heterocycles. The van der Waals surface area contributed by atoms with Crippen LogP contribution in [0.4, 0.5) is 5.69 Å². The molecular formula is C23H24N2O5. The van der Waals surface area contributed by atoms with Crippen molar-refractivity contribution >= 4 is 28.5 Å². The fourth-order valence-electron chi connectivity index (χ4n) is 2.91. The summed E-state index contributed by atoms with van der Waals surface area (Å²) in [5.41, 5.74) is 2.15. The summed E-state index contributed by atoms with van der Waals surface area (Å²) in [5, 5.41) is 3.47. The number of nitrogens with one attached hydrogen (secondary N) is 1. The van der Waals surface area contributed by atoms with Crippen LogP contribution in [0.25, 0.3) is 10.9 Å². The zero-order valence-corrected chi connectivity index (χ0v) is 17.4. The lowest BCUT2D eigenvalue weighted by atomic mass is 10.1. The van der Waals surface area contributed by atoms with Gasteiger partial charge >= 0.3 is 5.97 Å². The summed E-state index contributed by atoms with van der Waals surface area (Å²) in [4.78, 5) is 29.5. The number of hydrogen-bond donors (Lipinski definition) is 1. The van der Waals surface area contributed by atoms with Gasteiger partial charge in [0.05, 0.1) is 30.5 Å². The van der Waals surface area contributed by atoms with Crippen molar-refractivity contribution in [2.75, 3.05) is 19.0 Å². The third kappa shape index (κ3) is 4.86. The molecule has 0 fully saturated rings. The Kier molecular flexibility index (Phi) is 6.51. The molecule has 1 atom stereocenters. The van der Waals surface area contributed by atoms with Crippen molar-refractivity contribution < 1.29 is 23.8 Å². The fraction of sp³-hybridized carbons (Fsp3) is 0.261. The van der Waals surface area contributed by atoms with Crippen LogP contribution < -0.4 is 14.8 Å². The number of aromatic nitrogens is 1. The molecule has 7 nitrogen and oxygen atoms in total. The molecule has 2 aromatic carbocycles. The summed E-state index contributed by atoms with van der Waals surface area (Å²) in [6.45, 7) is 5.71. The molecule has 0 saturated heterocycles. The van der Waals surface area contributed by atoms with Gasteiger partial charge in [-0.05, 0) is 69.3 Å². The number of carbonyl (C=O) groups excluding carboxylic acids is 2. The van der Waals surface area contributed by atoms with E-state index in [0.717, 1.165) is 10.9 Å². The highest BCUT2D eigenvalue weighted by atomic mass is 16.5. The Morgan fingerprint density at radius 1 is 1.07 bits per heavy atom. The standard InChI is InChI=1S/C23H24N2O5/c1-5-29-18-8-6-17(7-9-18)25-22(26)15(3)30-23(27)20-13-16-12-19(28-4)10-11-21(16)24-14(20)2/h6-13,15H,5H2,1-4H3,(H,25,26). The van der Waals surface area contributed by atoms with E-state index in [1.807, 2.05) is 13.0 Å². The number of pyridine rings is 1. The maximum atomic E-state index is 12.7. The molecule has 1 unspecified atom stereocenters. The summed E-state index contributed by atoms with van der Waals surface area (Å²) in [7, 11) is 1.57. The van der Waals surface area contributed by atoms with E-state index in [1.165, 1.54) is 6.92 Å². The maximum absolute atomic E-state index is 12.7. The molecule has 7 heteroatoms. The second kappa shape index (κ2) is 9.26. The minimum absolute atomic E-state index is 0.302. The number of ether oxygens (including phenoxy) is 3. The fourth-order valence-corrected chi connectivity index (χ4v) is 2.91. The van der Waals surface area contributed by atoms with Gasteiger partial charge in [0.25, 0.3) is 5.91 Å². The maximum Gasteiger partial charge on any atom is 0.340 e. The van der Waals surface area contributed by atoms with E-state index < -0.39 is 18.0 Å². The topological polar surface area (TPSA) is 86.8 Å². The Morgan fingerprint density at radius 2 is 1.77 bits per heavy atom. The highest BCUT2D eigenvalue weighted by Crippen LogP contribution is 2.23. The first-order valence-electron chi connectivity index (χ1n) is 9.61. The van der Waals surface area contributed by atoms with Gasteiger partial charge in [0, 0.05) is 11.1 Å². The van der Waals surface area contributed by atoms with Gasteiger partial charge < -0.3 is 19.5 Å². The van der Waals surface area contributed by atoms with Gasteiger partial charge in [-0.25, -0.2) is 4.79 Å². The highest BCUT2D eigenvalue weighted by molar-refractivity contribution is 5.99. The van der Waals surface area contributed by atoms with E-state index >= 15 is 0 Å². The lowest BCUT2D eigenvalue weighted by Gasteiger charge is -2.15. The van der Waals surface area contributed by atoms with Crippen molar-refractivity contribution in [3.63, 3.8) is 0 Å². The van der Waals surface area contributed by atoms with Crippen molar-refractivity contribution in [1.29, 1.82) is 0 Å². The van der Waals surface area contributed by atoms with Gasteiger partial charge in [0.1, 0.15) is 11.5 Å². The van der Waals surface area contributed by atoms with E-state index in [2.05, 4.69) is 10.3 Å². The molecule has 30 heavy (non-hydrogen) atoms. The number of fused-ring (bicyclic) bond motifs is 1. The molecule has 156 valence electrons. The average molecular weight is 408 g/mol. The van der Waals surface area contributed by atoms with Crippen LogP contribution in [-0.4, -0.2) is 36.7 Å². The van der Waals surface area contributed by atoms with Crippen LogP contribution in [0.2, 0.25) is 0 Å². The number of esters is 1. The quantitative estimate of drug-likeness (QED) is 0.592. The Bertz CT molecular complexity index is 1060. The van der Waals surface area contributed by atoms with Crippen LogP contribution in [-0.2, 0) is 9.53 Å². The Morgan fingerprint density at radius 3 is 2.43 bits per heavy atom. The molecule has 1 amide bonds. The lowest BCUT2D eigenvalue weighted by Crippen LogP contribution is -2.30. The SMILES string of the molecule is CCOc1ccc(NC(=O)C(C)OC(=O)c2cc3cc(OC)ccc3nc2C)cc1. The van der Waals surface area contributed by atoms with Crippen molar-refractivity contribution in [2.45, 2.75) is 26.9 Å². The zero-order valence-electron chi connectivity index (χ0n) is 17.4. The Balaban J connectivity index is 1.69. The zero-order chi connectivity index (χ0) is 21.7. The second-order valence-electron chi connectivity index (χ2n) is 6.67. The summed E-state index contributed by atoms with van der Waals surface area (Å²) in [5.74, 6) is 0.334. The van der Waals surface area contributed by atoms with Gasteiger partial charge in [-0.15, -0.1) is 0 Å². The predicted molar refractivity (Wildman–Crippen MR) is 114 cm³/mol. The van der Waals surface area contributed by atoms with Crippen molar-refractivity contribution in [3.05, 3.63) is 59.8 Å². The first-order valence-corrected chi connectivity index (χ1v) is 9.61. The molecule has 0 aliphatic rings. The van der Waals surface area contributed by atoms with Crippen LogP contribution in [0.15, 0.2) is 48.5 Å². The molecule has 1 aromatic heterocycles.